The van der Waals surface area contributed by atoms with Crippen LogP contribution in [-0.4, -0.2) is 24.3 Å². The number of halogens is 4. The van der Waals surface area contributed by atoms with E-state index in [1.807, 2.05) is 13.1 Å². The van der Waals surface area contributed by atoms with E-state index in [1.165, 1.54) is 6.33 Å². The Kier molecular flexibility index (Phi) is 4.15. The first-order valence-corrected chi connectivity index (χ1v) is 8.48. The largest absolute Gasteiger partial charge is 0.433 e. The van der Waals surface area contributed by atoms with Gasteiger partial charge >= 0.3 is 6.18 Å². The van der Waals surface area contributed by atoms with Crippen molar-refractivity contribution >= 4 is 22.5 Å². The van der Waals surface area contributed by atoms with Gasteiger partial charge in [-0.25, -0.2) is 9.97 Å². The van der Waals surface area contributed by atoms with Gasteiger partial charge in [0.25, 0.3) is 0 Å². The molecule has 0 spiro atoms. The molecule has 0 unspecified atom stereocenters. The third kappa shape index (κ3) is 3.16. The number of aromatic nitrogens is 5. The predicted octanol–water partition coefficient (Wildman–Crippen LogP) is 4.98. The standard InChI is InChI=1S/C18H13ClF3N5/c1-2-27-8-11(7-24-27)14-9-26(10-23-14)15-5-3-4-12-13(19)6-16(18(20,21)22)25-17(12)15/h3-10H,2H2,1H3. The van der Waals surface area contributed by atoms with E-state index in [0.717, 1.165) is 18.2 Å². The molecule has 4 rings (SSSR count). The van der Waals surface area contributed by atoms with Crippen LogP contribution in [0.4, 0.5) is 13.2 Å². The molecule has 0 saturated heterocycles. The predicted molar refractivity (Wildman–Crippen MR) is 95.8 cm³/mol. The Labute approximate surface area is 157 Å². The van der Waals surface area contributed by atoms with Crippen molar-refractivity contribution in [3.63, 3.8) is 0 Å². The van der Waals surface area contributed by atoms with Gasteiger partial charge in [0.15, 0.2) is 0 Å². The first-order chi connectivity index (χ1) is 12.9. The number of imidazole rings is 1. The number of aryl methyl sites for hydroxylation is 1. The number of benzene rings is 1. The lowest BCUT2D eigenvalue weighted by molar-refractivity contribution is -0.140. The van der Waals surface area contributed by atoms with Gasteiger partial charge < -0.3 is 4.57 Å². The average molecular weight is 392 g/mol. The van der Waals surface area contributed by atoms with Crippen LogP contribution in [0.3, 0.4) is 0 Å². The molecule has 3 aromatic heterocycles. The van der Waals surface area contributed by atoms with Crippen molar-refractivity contribution in [2.75, 3.05) is 0 Å². The van der Waals surface area contributed by atoms with Crippen molar-refractivity contribution in [1.82, 2.24) is 24.3 Å². The van der Waals surface area contributed by atoms with E-state index in [-0.39, 0.29) is 10.5 Å². The number of alkyl halides is 3. The zero-order valence-electron chi connectivity index (χ0n) is 14.1. The molecule has 138 valence electrons. The van der Waals surface area contributed by atoms with Gasteiger partial charge in [-0.3, -0.25) is 4.68 Å². The molecular formula is C18H13ClF3N5. The second-order valence-corrected chi connectivity index (χ2v) is 6.32. The highest BCUT2D eigenvalue weighted by atomic mass is 35.5. The Bertz CT molecular complexity index is 1130. The summed E-state index contributed by atoms with van der Waals surface area (Å²) >= 11 is 6.07. The van der Waals surface area contributed by atoms with E-state index in [0.29, 0.717) is 16.8 Å². The fraction of sp³-hybridized carbons (Fsp3) is 0.167. The molecule has 0 N–H and O–H groups in total. The summed E-state index contributed by atoms with van der Waals surface area (Å²) < 4.78 is 42.8. The lowest BCUT2D eigenvalue weighted by atomic mass is 10.1. The topological polar surface area (TPSA) is 48.5 Å². The monoisotopic (exact) mass is 391 g/mol. The van der Waals surface area contributed by atoms with E-state index in [1.54, 1.807) is 39.8 Å². The van der Waals surface area contributed by atoms with Crippen molar-refractivity contribution in [2.24, 2.45) is 0 Å². The van der Waals surface area contributed by atoms with Crippen molar-refractivity contribution in [2.45, 2.75) is 19.6 Å². The molecule has 1 aromatic carbocycles. The summed E-state index contributed by atoms with van der Waals surface area (Å²) in [5.41, 5.74) is 1.06. The molecule has 4 aromatic rings. The number of nitrogens with zero attached hydrogens (tertiary/aromatic N) is 5. The number of hydrogen-bond acceptors (Lipinski definition) is 3. The number of hydrogen-bond donors (Lipinski definition) is 0. The first kappa shape index (κ1) is 17.5. The van der Waals surface area contributed by atoms with Gasteiger partial charge in [-0.15, -0.1) is 0 Å². The molecule has 5 nitrogen and oxygen atoms in total. The molecule has 0 aliphatic heterocycles. The lowest BCUT2D eigenvalue weighted by Gasteiger charge is -2.11. The maximum Gasteiger partial charge on any atom is 0.433 e. The Morgan fingerprint density at radius 1 is 1.19 bits per heavy atom. The maximum atomic E-state index is 13.1. The van der Waals surface area contributed by atoms with Crippen molar-refractivity contribution in [3.8, 4) is 16.9 Å². The molecular weight excluding hydrogens is 379 g/mol. The van der Waals surface area contributed by atoms with E-state index in [2.05, 4.69) is 15.1 Å². The molecule has 0 fully saturated rings. The average Bonchev–Trinajstić information content (AvgIpc) is 3.29. The van der Waals surface area contributed by atoms with Gasteiger partial charge in [0.1, 0.15) is 5.69 Å². The molecule has 0 amide bonds. The summed E-state index contributed by atoms with van der Waals surface area (Å²) in [7, 11) is 0. The second-order valence-electron chi connectivity index (χ2n) is 5.91. The Balaban J connectivity index is 1.85. The van der Waals surface area contributed by atoms with Crippen LogP contribution < -0.4 is 0 Å². The van der Waals surface area contributed by atoms with E-state index in [4.69, 9.17) is 11.6 Å². The Morgan fingerprint density at radius 3 is 2.70 bits per heavy atom. The van der Waals surface area contributed by atoms with Gasteiger partial charge in [0.2, 0.25) is 0 Å². The van der Waals surface area contributed by atoms with Crippen LogP contribution in [0.15, 0.2) is 49.2 Å². The second kappa shape index (κ2) is 6.38. The van der Waals surface area contributed by atoms with Gasteiger partial charge in [0.05, 0.1) is 34.4 Å². The minimum absolute atomic E-state index is 0.00117. The highest BCUT2D eigenvalue weighted by molar-refractivity contribution is 6.35. The van der Waals surface area contributed by atoms with Crippen LogP contribution in [0.5, 0.6) is 0 Å². The minimum atomic E-state index is -4.58. The first-order valence-electron chi connectivity index (χ1n) is 8.10. The number of rotatable bonds is 3. The quantitative estimate of drug-likeness (QED) is 0.495. The smallest absolute Gasteiger partial charge is 0.303 e. The highest BCUT2D eigenvalue weighted by Crippen LogP contribution is 2.34. The van der Waals surface area contributed by atoms with E-state index >= 15 is 0 Å². The van der Waals surface area contributed by atoms with Gasteiger partial charge in [-0.05, 0) is 19.1 Å². The number of pyridine rings is 1. The van der Waals surface area contributed by atoms with Crippen LogP contribution in [0.2, 0.25) is 5.02 Å². The third-order valence-electron chi connectivity index (χ3n) is 4.17. The summed E-state index contributed by atoms with van der Waals surface area (Å²) in [6, 6.07) is 5.86. The summed E-state index contributed by atoms with van der Waals surface area (Å²) in [6.07, 6.45) is 2.22. The molecule has 0 atom stereocenters. The highest BCUT2D eigenvalue weighted by Gasteiger charge is 2.33. The lowest BCUT2D eigenvalue weighted by Crippen LogP contribution is -2.08. The molecule has 0 radical (unpaired) electrons. The summed E-state index contributed by atoms with van der Waals surface area (Å²) in [6.45, 7) is 2.70. The van der Waals surface area contributed by atoms with Crippen molar-refractivity contribution < 1.29 is 13.2 Å². The van der Waals surface area contributed by atoms with Gasteiger partial charge in [0, 0.05) is 29.9 Å². The van der Waals surface area contributed by atoms with Crippen LogP contribution in [0, 0.1) is 0 Å². The SMILES string of the molecule is CCn1cc(-c2cn(-c3cccc4c(Cl)cc(C(F)(F)F)nc34)cn2)cn1. The Morgan fingerprint density at radius 2 is 2.00 bits per heavy atom. The molecule has 0 saturated carbocycles. The zero-order valence-corrected chi connectivity index (χ0v) is 14.8. The maximum absolute atomic E-state index is 13.1. The molecule has 3 heterocycles. The summed E-state index contributed by atoms with van der Waals surface area (Å²) in [5, 5.41) is 4.65. The molecule has 27 heavy (non-hydrogen) atoms. The summed E-state index contributed by atoms with van der Waals surface area (Å²) in [5.74, 6) is 0. The van der Waals surface area contributed by atoms with Crippen LogP contribution >= 0.6 is 11.6 Å². The number of para-hydroxylation sites is 1. The minimum Gasteiger partial charge on any atom is -0.303 e. The van der Waals surface area contributed by atoms with Crippen molar-refractivity contribution in [3.05, 3.63) is 59.9 Å². The third-order valence-corrected chi connectivity index (χ3v) is 4.48. The zero-order chi connectivity index (χ0) is 19.2. The van der Waals surface area contributed by atoms with E-state index < -0.39 is 11.9 Å². The number of fused-ring (bicyclic) bond motifs is 1. The fourth-order valence-corrected chi connectivity index (χ4v) is 3.07. The summed E-state index contributed by atoms with van der Waals surface area (Å²) in [4.78, 5) is 8.15. The van der Waals surface area contributed by atoms with Crippen LogP contribution in [-0.2, 0) is 12.7 Å². The van der Waals surface area contributed by atoms with Crippen molar-refractivity contribution in [1.29, 1.82) is 0 Å². The van der Waals surface area contributed by atoms with Gasteiger partial charge in [-0.2, -0.15) is 18.3 Å². The van der Waals surface area contributed by atoms with Crippen LogP contribution in [0.25, 0.3) is 27.8 Å². The molecule has 0 aliphatic rings. The molecule has 0 aliphatic carbocycles. The Hall–Kier alpha value is -2.87. The molecule has 0 bridgehead atoms. The van der Waals surface area contributed by atoms with Gasteiger partial charge in [-0.1, -0.05) is 23.7 Å². The molecule has 9 heteroatoms. The fourth-order valence-electron chi connectivity index (χ4n) is 2.82. The normalized spacial score (nSPS) is 12.0. The van der Waals surface area contributed by atoms with E-state index in [9.17, 15) is 13.2 Å². The van der Waals surface area contributed by atoms with Crippen LogP contribution in [0.1, 0.15) is 12.6 Å².